The normalized spacial score (nSPS) is 24.6. The predicted molar refractivity (Wildman–Crippen MR) is 87.0 cm³/mol. The van der Waals surface area contributed by atoms with E-state index in [4.69, 9.17) is 9.47 Å². The van der Waals surface area contributed by atoms with Gasteiger partial charge >= 0.3 is 0 Å². The van der Waals surface area contributed by atoms with Crippen molar-refractivity contribution in [2.24, 2.45) is 11.3 Å². The van der Waals surface area contributed by atoms with Crippen LogP contribution in [0.1, 0.15) is 45.6 Å². The van der Waals surface area contributed by atoms with Crippen molar-refractivity contribution in [3.8, 4) is 11.5 Å². The minimum absolute atomic E-state index is 0.495. The van der Waals surface area contributed by atoms with E-state index in [1.165, 1.54) is 24.8 Å². The van der Waals surface area contributed by atoms with Gasteiger partial charge in [0.25, 0.3) is 0 Å². The van der Waals surface area contributed by atoms with E-state index in [1.807, 2.05) is 12.1 Å². The van der Waals surface area contributed by atoms with E-state index < -0.39 is 0 Å². The second-order valence-electron chi connectivity index (χ2n) is 7.05. The molecule has 1 aromatic rings. The van der Waals surface area contributed by atoms with Gasteiger partial charge in [-0.05, 0) is 36.7 Å². The van der Waals surface area contributed by atoms with Crippen LogP contribution >= 0.6 is 0 Å². The molecule has 1 aromatic carbocycles. The molecule has 1 aliphatic rings. The van der Waals surface area contributed by atoms with Crippen molar-refractivity contribution >= 4 is 0 Å². The summed E-state index contributed by atoms with van der Waals surface area (Å²) in [6.07, 6.45) is 3.85. The molecule has 2 rings (SSSR count). The molecule has 1 saturated carbocycles. The second kappa shape index (κ2) is 6.69. The molecule has 0 aliphatic heterocycles. The van der Waals surface area contributed by atoms with Gasteiger partial charge in [-0.25, -0.2) is 0 Å². The molecule has 2 unspecified atom stereocenters. The van der Waals surface area contributed by atoms with Crippen molar-refractivity contribution in [3.05, 3.63) is 23.8 Å². The van der Waals surface area contributed by atoms with Crippen LogP contribution in [0.5, 0.6) is 11.5 Å². The first kappa shape index (κ1) is 16.2. The standard InChI is InChI=1S/C18H29NO2/c1-13-11-18(2,3)9-8-16(13)19-12-14-6-7-15(20-4)10-17(14)21-5/h6-7,10,13,16,19H,8-9,11-12H2,1-5H3. The van der Waals surface area contributed by atoms with E-state index in [0.717, 1.165) is 24.0 Å². The number of hydrogen-bond donors (Lipinski definition) is 1. The summed E-state index contributed by atoms with van der Waals surface area (Å²) in [7, 11) is 3.39. The molecule has 1 fully saturated rings. The Morgan fingerprint density at radius 2 is 2.00 bits per heavy atom. The van der Waals surface area contributed by atoms with Crippen molar-refractivity contribution < 1.29 is 9.47 Å². The molecule has 1 N–H and O–H groups in total. The number of nitrogens with one attached hydrogen (secondary N) is 1. The molecule has 3 heteroatoms. The number of ether oxygens (including phenoxy) is 2. The fraction of sp³-hybridized carbons (Fsp3) is 0.667. The number of methoxy groups -OCH3 is 2. The van der Waals surface area contributed by atoms with Gasteiger partial charge in [-0.2, -0.15) is 0 Å². The maximum Gasteiger partial charge on any atom is 0.127 e. The highest BCUT2D eigenvalue weighted by atomic mass is 16.5. The molecular formula is C18H29NO2. The first-order valence-corrected chi connectivity index (χ1v) is 7.89. The zero-order chi connectivity index (χ0) is 15.5. The fourth-order valence-electron chi connectivity index (χ4n) is 3.49. The number of hydrogen-bond acceptors (Lipinski definition) is 3. The van der Waals surface area contributed by atoms with Crippen LogP contribution < -0.4 is 14.8 Å². The molecule has 21 heavy (non-hydrogen) atoms. The highest BCUT2D eigenvalue weighted by Crippen LogP contribution is 2.38. The molecular weight excluding hydrogens is 262 g/mol. The summed E-state index contributed by atoms with van der Waals surface area (Å²) in [5.41, 5.74) is 1.69. The Morgan fingerprint density at radius 3 is 2.62 bits per heavy atom. The van der Waals surface area contributed by atoms with Crippen molar-refractivity contribution in [1.29, 1.82) is 0 Å². The van der Waals surface area contributed by atoms with Gasteiger partial charge in [0.15, 0.2) is 0 Å². The predicted octanol–water partition coefficient (Wildman–Crippen LogP) is 4.01. The van der Waals surface area contributed by atoms with E-state index in [-0.39, 0.29) is 0 Å². The third kappa shape index (κ3) is 4.13. The molecule has 0 bridgehead atoms. The summed E-state index contributed by atoms with van der Waals surface area (Å²) < 4.78 is 10.7. The maximum atomic E-state index is 5.47. The average Bonchev–Trinajstić information content (AvgIpc) is 2.45. The zero-order valence-electron chi connectivity index (χ0n) is 14.0. The van der Waals surface area contributed by atoms with Crippen molar-refractivity contribution in [1.82, 2.24) is 5.32 Å². The van der Waals surface area contributed by atoms with Crippen molar-refractivity contribution in [3.63, 3.8) is 0 Å². The highest BCUT2D eigenvalue weighted by molar-refractivity contribution is 5.40. The van der Waals surface area contributed by atoms with Crippen LogP contribution in [0.4, 0.5) is 0 Å². The molecule has 0 radical (unpaired) electrons. The van der Waals surface area contributed by atoms with E-state index in [0.29, 0.717) is 11.5 Å². The van der Waals surface area contributed by atoms with Gasteiger partial charge in [-0.3, -0.25) is 0 Å². The summed E-state index contributed by atoms with van der Waals surface area (Å²) in [5.74, 6) is 2.45. The van der Waals surface area contributed by atoms with Gasteiger partial charge in [-0.15, -0.1) is 0 Å². The lowest BCUT2D eigenvalue weighted by Crippen LogP contribution is -2.41. The summed E-state index contributed by atoms with van der Waals surface area (Å²) >= 11 is 0. The van der Waals surface area contributed by atoms with Crippen LogP contribution in [0, 0.1) is 11.3 Å². The Labute approximate surface area is 129 Å². The van der Waals surface area contributed by atoms with Gasteiger partial charge in [0, 0.05) is 24.2 Å². The lowest BCUT2D eigenvalue weighted by Gasteiger charge is -2.39. The quantitative estimate of drug-likeness (QED) is 0.889. The van der Waals surface area contributed by atoms with Crippen molar-refractivity contribution in [2.75, 3.05) is 14.2 Å². The largest absolute Gasteiger partial charge is 0.497 e. The molecule has 2 atom stereocenters. The average molecular weight is 291 g/mol. The first-order chi connectivity index (χ1) is 9.95. The Morgan fingerprint density at radius 1 is 1.24 bits per heavy atom. The van der Waals surface area contributed by atoms with Crippen LogP contribution in [0.2, 0.25) is 0 Å². The zero-order valence-corrected chi connectivity index (χ0v) is 14.0. The third-order valence-corrected chi connectivity index (χ3v) is 4.74. The number of benzene rings is 1. The first-order valence-electron chi connectivity index (χ1n) is 7.89. The molecule has 0 saturated heterocycles. The fourth-order valence-corrected chi connectivity index (χ4v) is 3.49. The summed E-state index contributed by atoms with van der Waals surface area (Å²) in [5, 5.41) is 3.72. The van der Waals surface area contributed by atoms with Gasteiger partial charge in [0.1, 0.15) is 11.5 Å². The van der Waals surface area contributed by atoms with Gasteiger partial charge in [-0.1, -0.05) is 26.8 Å². The molecule has 3 nitrogen and oxygen atoms in total. The van der Waals surface area contributed by atoms with E-state index in [9.17, 15) is 0 Å². The Bertz CT molecular complexity index is 470. The van der Waals surface area contributed by atoms with E-state index >= 15 is 0 Å². The molecule has 118 valence electrons. The van der Waals surface area contributed by atoms with E-state index in [1.54, 1.807) is 14.2 Å². The van der Waals surface area contributed by atoms with Gasteiger partial charge in [0.2, 0.25) is 0 Å². The lowest BCUT2D eigenvalue weighted by atomic mass is 9.70. The SMILES string of the molecule is COc1ccc(CNC2CCC(C)(C)CC2C)c(OC)c1. The van der Waals surface area contributed by atoms with Crippen LogP contribution in [0.15, 0.2) is 18.2 Å². The topological polar surface area (TPSA) is 30.5 Å². The Hall–Kier alpha value is -1.22. The monoisotopic (exact) mass is 291 g/mol. The van der Waals surface area contributed by atoms with Crippen LogP contribution in [-0.4, -0.2) is 20.3 Å². The van der Waals surface area contributed by atoms with Crippen LogP contribution in [0.25, 0.3) is 0 Å². The Balaban J connectivity index is 1.97. The van der Waals surface area contributed by atoms with Crippen molar-refractivity contribution in [2.45, 2.75) is 52.6 Å². The molecule has 0 spiro atoms. The summed E-state index contributed by atoms with van der Waals surface area (Å²) in [6.45, 7) is 7.98. The maximum absolute atomic E-state index is 5.47. The van der Waals surface area contributed by atoms with Gasteiger partial charge in [0.05, 0.1) is 14.2 Å². The van der Waals surface area contributed by atoms with E-state index in [2.05, 4.69) is 32.2 Å². The summed E-state index contributed by atoms with van der Waals surface area (Å²) in [6, 6.07) is 6.63. The molecule has 0 amide bonds. The smallest absolute Gasteiger partial charge is 0.127 e. The third-order valence-electron chi connectivity index (χ3n) is 4.74. The summed E-state index contributed by atoms with van der Waals surface area (Å²) in [4.78, 5) is 0. The lowest BCUT2D eigenvalue weighted by molar-refractivity contribution is 0.148. The second-order valence-corrected chi connectivity index (χ2v) is 7.05. The minimum atomic E-state index is 0.495. The molecule has 1 aliphatic carbocycles. The van der Waals surface area contributed by atoms with Gasteiger partial charge < -0.3 is 14.8 Å². The molecule has 0 heterocycles. The Kier molecular flexibility index (Phi) is 5.15. The van der Waals surface area contributed by atoms with Crippen LogP contribution in [-0.2, 0) is 6.54 Å². The highest BCUT2D eigenvalue weighted by Gasteiger charge is 2.31. The van der Waals surface area contributed by atoms with Crippen LogP contribution in [0.3, 0.4) is 0 Å². The molecule has 0 aromatic heterocycles. The minimum Gasteiger partial charge on any atom is -0.497 e. The number of rotatable bonds is 5.